The van der Waals surface area contributed by atoms with Gasteiger partial charge in [0.25, 0.3) is 0 Å². The lowest BCUT2D eigenvalue weighted by molar-refractivity contribution is 0.188. The number of aromatic nitrogens is 2. The van der Waals surface area contributed by atoms with Crippen molar-refractivity contribution in [3.05, 3.63) is 40.9 Å². The first kappa shape index (κ1) is 23.6. The van der Waals surface area contributed by atoms with Crippen molar-refractivity contribution in [3.8, 4) is 22.9 Å². The maximum absolute atomic E-state index is 16.1. The van der Waals surface area contributed by atoms with Crippen LogP contribution in [0.1, 0.15) is 25.7 Å². The molecule has 3 aliphatic heterocycles. The zero-order valence-corrected chi connectivity index (χ0v) is 20.7. The van der Waals surface area contributed by atoms with Crippen molar-refractivity contribution in [1.29, 1.82) is 0 Å². The molecule has 0 saturated carbocycles. The van der Waals surface area contributed by atoms with E-state index in [1.807, 2.05) is 0 Å². The molecule has 6 rings (SSSR count). The number of ether oxygens (including phenoxy) is 1. The molecule has 190 valence electrons. The smallest absolute Gasteiger partial charge is 0.319 e. The third-order valence-corrected chi connectivity index (χ3v) is 7.97. The number of phenols is 1. The number of aromatic hydroxyl groups is 1. The second-order valence-corrected chi connectivity index (χ2v) is 10.4. The fourth-order valence-corrected chi connectivity index (χ4v) is 6.07. The molecule has 2 aromatic carbocycles. The van der Waals surface area contributed by atoms with Crippen molar-refractivity contribution in [3.63, 3.8) is 0 Å². The zero-order chi connectivity index (χ0) is 25.0. The number of nitrogens with one attached hydrogen (secondary N) is 1. The van der Waals surface area contributed by atoms with Crippen LogP contribution in [0, 0.1) is 11.6 Å². The third-order valence-electron chi connectivity index (χ3n) is 7.68. The summed E-state index contributed by atoms with van der Waals surface area (Å²) in [5, 5.41) is 14.3. The third kappa shape index (κ3) is 4.13. The van der Waals surface area contributed by atoms with Gasteiger partial charge in [-0.15, -0.1) is 0 Å². The first-order valence-electron chi connectivity index (χ1n) is 12.4. The van der Waals surface area contributed by atoms with Crippen LogP contribution in [-0.2, 0) is 0 Å². The number of anilines is 1. The van der Waals surface area contributed by atoms with Crippen LogP contribution in [-0.4, -0.2) is 71.4 Å². The molecule has 3 aliphatic rings. The molecular weight excluding hydrogens is 488 g/mol. The molecule has 3 atom stereocenters. The fourth-order valence-electron chi connectivity index (χ4n) is 5.79. The van der Waals surface area contributed by atoms with Gasteiger partial charge < -0.3 is 25.0 Å². The monoisotopic (exact) mass is 515 g/mol. The van der Waals surface area contributed by atoms with Crippen molar-refractivity contribution < 1.29 is 18.6 Å². The summed E-state index contributed by atoms with van der Waals surface area (Å²) in [6.45, 7) is 2.85. The Kier molecular flexibility index (Phi) is 6.09. The van der Waals surface area contributed by atoms with E-state index in [-0.39, 0.29) is 33.7 Å². The zero-order valence-electron chi connectivity index (χ0n) is 20.0. The van der Waals surface area contributed by atoms with Gasteiger partial charge in [0.1, 0.15) is 29.5 Å². The van der Waals surface area contributed by atoms with E-state index in [0.717, 1.165) is 51.4 Å². The van der Waals surface area contributed by atoms with Crippen LogP contribution < -0.4 is 15.0 Å². The molecule has 7 nitrogen and oxygen atoms in total. The number of likely N-dealkylation sites (tertiary alicyclic amines) is 1. The number of benzene rings is 2. The minimum atomic E-state index is -0.817. The highest BCUT2D eigenvalue weighted by atomic mass is 35.5. The molecule has 10 heteroatoms. The van der Waals surface area contributed by atoms with Crippen molar-refractivity contribution >= 4 is 28.3 Å². The number of fused-ring (bicyclic) bond motifs is 3. The maximum Gasteiger partial charge on any atom is 0.319 e. The minimum Gasteiger partial charge on any atom is -0.507 e. The molecule has 1 aromatic heterocycles. The summed E-state index contributed by atoms with van der Waals surface area (Å²) < 4.78 is 36.8. The van der Waals surface area contributed by atoms with E-state index < -0.39 is 17.4 Å². The summed E-state index contributed by atoms with van der Waals surface area (Å²) in [5.41, 5.74) is -0.536. The number of piperazine rings is 1. The van der Waals surface area contributed by atoms with E-state index in [1.54, 1.807) is 6.07 Å². The molecule has 4 heterocycles. The Morgan fingerprint density at radius 2 is 1.92 bits per heavy atom. The van der Waals surface area contributed by atoms with E-state index in [9.17, 15) is 9.50 Å². The highest BCUT2D eigenvalue weighted by Crippen LogP contribution is 2.43. The number of nitrogens with zero attached hydrogens (tertiary/aromatic N) is 4. The fraction of sp³-hybridized carbons (Fsp3) is 0.462. The summed E-state index contributed by atoms with van der Waals surface area (Å²) in [4.78, 5) is 13.5. The maximum atomic E-state index is 16.1. The van der Waals surface area contributed by atoms with Gasteiger partial charge in [-0.3, -0.25) is 0 Å². The van der Waals surface area contributed by atoms with Crippen LogP contribution in [0.5, 0.6) is 11.8 Å². The first-order chi connectivity index (χ1) is 17.4. The summed E-state index contributed by atoms with van der Waals surface area (Å²) in [6.07, 6.45) is 4.26. The molecule has 3 saturated heterocycles. The summed E-state index contributed by atoms with van der Waals surface area (Å²) in [7, 11) is 2.05. The Bertz CT molecular complexity index is 1290. The van der Waals surface area contributed by atoms with Crippen molar-refractivity contribution in [2.75, 3.05) is 38.2 Å². The van der Waals surface area contributed by atoms with Crippen LogP contribution in [0.4, 0.5) is 14.6 Å². The van der Waals surface area contributed by atoms with Gasteiger partial charge in [-0.25, -0.2) is 8.78 Å². The number of hydrogen-bond acceptors (Lipinski definition) is 7. The number of rotatable bonds is 5. The quantitative estimate of drug-likeness (QED) is 0.523. The highest BCUT2D eigenvalue weighted by molar-refractivity contribution is 6.34. The predicted octanol–water partition coefficient (Wildman–Crippen LogP) is 4.35. The first-order valence-corrected chi connectivity index (χ1v) is 12.8. The van der Waals surface area contributed by atoms with Gasteiger partial charge in [-0.1, -0.05) is 17.7 Å². The van der Waals surface area contributed by atoms with Gasteiger partial charge in [-0.2, -0.15) is 9.97 Å². The van der Waals surface area contributed by atoms with E-state index in [0.29, 0.717) is 29.9 Å². The lowest BCUT2D eigenvalue weighted by Gasteiger charge is -2.34. The molecular formula is C26H28ClF2N5O2. The van der Waals surface area contributed by atoms with Gasteiger partial charge >= 0.3 is 6.01 Å². The molecule has 0 spiro atoms. The minimum absolute atomic E-state index is 0.0114. The Morgan fingerprint density at radius 1 is 1.14 bits per heavy atom. The number of phenolic OH excluding ortho intramolecular Hbond substituents is 1. The molecule has 0 amide bonds. The van der Waals surface area contributed by atoms with Crippen LogP contribution in [0.2, 0.25) is 5.02 Å². The van der Waals surface area contributed by atoms with Crippen molar-refractivity contribution in [1.82, 2.24) is 20.2 Å². The molecule has 0 unspecified atom stereocenters. The van der Waals surface area contributed by atoms with E-state index in [4.69, 9.17) is 21.3 Å². The Labute approximate surface area is 213 Å². The van der Waals surface area contributed by atoms with Crippen molar-refractivity contribution in [2.45, 2.75) is 43.8 Å². The topological polar surface area (TPSA) is 73.8 Å². The lowest BCUT2D eigenvalue weighted by Crippen LogP contribution is -2.51. The van der Waals surface area contributed by atoms with E-state index in [2.05, 4.69) is 27.1 Å². The molecule has 2 bridgehead atoms. The van der Waals surface area contributed by atoms with Gasteiger partial charge in [0, 0.05) is 42.2 Å². The average molecular weight is 516 g/mol. The largest absolute Gasteiger partial charge is 0.507 e. The summed E-state index contributed by atoms with van der Waals surface area (Å²) in [6, 6.07) is 6.36. The SMILES string of the molecule is CN1CCC[C@H]1COc1nc(N2C[C@H]3CC[C@@H](C2)N3)c2cc(Cl)c(-c3c(O)cccc3F)c(F)c2n1. The molecule has 3 aromatic rings. The van der Waals surface area contributed by atoms with Crippen LogP contribution >= 0.6 is 11.6 Å². The second kappa shape index (κ2) is 9.28. The normalized spacial score (nSPS) is 24.1. The molecule has 2 N–H and O–H groups in total. The number of hydrogen-bond donors (Lipinski definition) is 2. The number of likely N-dealkylation sites (N-methyl/N-ethyl adjacent to an activating group) is 1. The summed E-state index contributed by atoms with van der Waals surface area (Å²) in [5.74, 6) is -1.44. The number of halogens is 3. The Balaban J connectivity index is 1.48. The Hall–Kier alpha value is -2.75. The van der Waals surface area contributed by atoms with Crippen LogP contribution in [0.3, 0.4) is 0 Å². The predicted molar refractivity (Wildman–Crippen MR) is 135 cm³/mol. The van der Waals surface area contributed by atoms with Gasteiger partial charge in [-0.05, 0) is 57.5 Å². The molecule has 0 aliphatic carbocycles. The second-order valence-electron chi connectivity index (χ2n) is 10.0. The van der Waals surface area contributed by atoms with Crippen molar-refractivity contribution in [2.24, 2.45) is 0 Å². The highest BCUT2D eigenvalue weighted by Gasteiger charge is 2.34. The van der Waals surface area contributed by atoms with Gasteiger partial charge in [0.15, 0.2) is 5.82 Å². The van der Waals surface area contributed by atoms with Crippen LogP contribution in [0.25, 0.3) is 22.0 Å². The molecule has 3 fully saturated rings. The Morgan fingerprint density at radius 3 is 2.61 bits per heavy atom. The van der Waals surface area contributed by atoms with E-state index >= 15 is 4.39 Å². The average Bonchev–Trinajstić information content (AvgIpc) is 3.42. The van der Waals surface area contributed by atoms with Gasteiger partial charge in [0.2, 0.25) is 0 Å². The summed E-state index contributed by atoms with van der Waals surface area (Å²) >= 11 is 6.53. The molecule has 0 radical (unpaired) electrons. The molecule has 36 heavy (non-hydrogen) atoms. The lowest BCUT2D eigenvalue weighted by atomic mass is 10.0. The van der Waals surface area contributed by atoms with E-state index in [1.165, 1.54) is 12.1 Å². The standard InChI is InChI=1S/C26H28ClF2N5O2/c1-33-9-3-4-16(33)13-36-26-31-24-17(25(32-26)34-11-14-7-8-15(12-34)30-14)10-18(27)21(23(24)29)22-19(28)5-2-6-20(22)35/h2,5-6,10,14-16,30,35H,3-4,7-9,11-13H2,1H3/t14-,15+,16-/m0/s1. The van der Waals surface area contributed by atoms with Gasteiger partial charge in [0.05, 0.1) is 10.6 Å². The van der Waals surface area contributed by atoms with Crippen LogP contribution in [0.15, 0.2) is 24.3 Å².